The van der Waals surface area contributed by atoms with E-state index in [1.54, 1.807) is 0 Å². The van der Waals surface area contributed by atoms with Crippen LogP contribution in [-0.2, 0) is 15.9 Å². The topological polar surface area (TPSA) is 114 Å². The molecule has 9 nitrogen and oxygen atoms in total. The lowest BCUT2D eigenvalue weighted by atomic mass is 9.91. The van der Waals surface area contributed by atoms with Crippen molar-refractivity contribution >= 4 is 51.1 Å². The molecule has 3 aromatic heterocycles. The van der Waals surface area contributed by atoms with Crippen LogP contribution in [0.15, 0.2) is 124 Å². The number of ether oxygens (including phenoxy) is 2. The summed E-state index contributed by atoms with van der Waals surface area (Å²) in [5.41, 5.74) is 16.7. The van der Waals surface area contributed by atoms with Crippen molar-refractivity contribution in [3.8, 4) is 22.9 Å². The van der Waals surface area contributed by atoms with Crippen LogP contribution in [0.4, 0.5) is 5.69 Å². The number of oxazole rings is 2. The van der Waals surface area contributed by atoms with Crippen molar-refractivity contribution in [3.05, 3.63) is 132 Å². The minimum absolute atomic E-state index is 0.374. The molecule has 0 unspecified atom stereocenters. The Balaban J connectivity index is 0.000000153. The number of fused-ring (bicyclic) bond motifs is 3. The van der Waals surface area contributed by atoms with Crippen LogP contribution in [0, 0.1) is 5.92 Å². The van der Waals surface area contributed by atoms with E-state index in [9.17, 15) is 0 Å². The van der Waals surface area contributed by atoms with Crippen LogP contribution in [0.5, 0.6) is 0 Å². The van der Waals surface area contributed by atoms with Gasteiger partial charge >= 0.3 is 0 Å². The maximum Gasteiger partial charge on any atom is 0.227 e. The van der Waals surface area contributed by atoms with Crippen LogP contribution in [0.2, 0.25) is 0 Å². The smallest absolute Gasteiger partial charge is 0.227 e. The van der Waals surface area contributed by atoms with Crippen molar-refractivity contribution in [2.75, 3.05) is 32.2 Å². The molecule has 2 N–H and O–H groups in total. The number of aromatic nitrogens is 4. The Morgan fingerprint density at radius 1 is 0.600 bits per heavy atom. The van der Waals surface area contributed by atoms with E-state index in [0.717, 1.165) is 120 Å². The van der Waals surface area contributed by atoms with E-state index >= 15 is 0 Å². The number of nitrogen functional groups attached to an aromatic ring is 1. The van der Waals surface area contributed by atoms with Gasteiger partial charge in [-0.2, -0.15) is 0 Å². The quantitative estimate of drug-likeness (QED) is 0.161. The number of nitrogens with two attached hydrogens (primary N) is 1. The Labute approximate surface area is 319 Å². The number of imidazole rings is 1. The highest BCUT2D eigenvalue weighted by molar-refractivity contribution is 5.85. The summed E-state index contributed by atoms with van der Waals surface area (Å²) in [5, 5.41) is 0. The minimum Gasteiger partial charge on any atom is -0.436 e. The average Bonchev–Trinajstić information content (AvgIpc) is 3.97. The summed E-state index contributed by atoms with van der Waals surface area (Å²) in [6.07, 6.45) is 9.47. The van der Waals surface area contributed by atoms with E-state index in [0.29, 0.717) is 23.7 Å². The molecule has 2 fully saturated rings. The summed E-state index contributed by atoms with van der Waals surface area (Å²) in [7, 11) is 0. The van der Waals surface area contributed by atoms with Gasteiger partial charge in [0.15, 0.2) is 11.2 Å². The first-order chi connectivity index (χ1) is 27.1. The summed E-state index contributed by atoms with van der Waals surface area (Å²) in [6.45, 7) is 3.30. The summed E-state index contributed by atoms with van der Waals surface area (Å²) in [6, 6.07) is 38.7. The molecular weight excluding hydrogens is 687 g/mol. The number of nitrogens with zero attached hydrogens (tertiary/aromatic N) is 4. The predicted molar refractivity (Wildman–Crippen MR) is 218 cm³/mol. The third-order valence-corrected chi connectivity index (χ3v) is 10.6. The van der Waals surface area contributed by atoms with Gasteiger partial charge in [-0.3, -0.25) is 0 Å². The zero-order chi connectivity index (χ0) is 37.0. The first-order valence-electron chi connectivity index (χ1n) is 19.2. The third-order valence-electron chi connectivity index (χ3n) is 10.6. The number of benzene rings is 5. The number of hydrogen-bond acceptors (Lipinski definition) is 8. The molecule has 5 aromatic carbocycles. The number of para-hydroxylation sites is 4. The highest BCUT2D eigenvalue weighted by Crippen LogP contribution is 2.33. The molecule has 2 aliphatic heterocycles. The molecular formula is C46H43N5O4. The molecule has 0 radical (unpaired) electrons. The molecule has 55 heavy (non-hydrogen) atoms. The van der Waals surface area contributed by atoms with Crippen LogP contribution < -0.4 is 5.73 Å². The van der Waals surface area contributed by atoms with Gasteiger partial charge in [-0.05, 0) is 110 Å². The van der Waals surface area contributed by atoms with E-state index in [4.69, 9.17) is 29.0 Å². The van der Waals surface area contributed by atoms with Gasteiger partial charge in [0.25, 0.3) is 0 Å². The number of anilines is 1. The van der Waals surface area contributed by atoms with Gasteiger partial charge in [0.2, 0.25) is 11.8 Å². The zero-order valence-corrected chi connectivity index (χ0v) is 30.6. The van der Waals surface area contributed by atoms with Crippen molar-refractivity contribution in [2.24, 2.45) is 5.92 Å². The minimum atomic E-state index is 0.374. The Morgan fingerprint density at radius 3 is 1.85 bits per heavy atom. The van der Waals surface area contributed by atoms with Gasteiger partial charge in [0, 0.05) is 49.3 Å². The second-order valence-electron chi connectivity index (χ2n) is 14.3. The molecule has 0 saturated carbocycles. The normalized spacial score (nSPS) is 15.6. The maximum absolute atomic E-state index is 6.27. The number of hydrogen-bond donors (Lipinski definition) is 1. The van der Waals surface area contributed by atoms with Gasteiger partial charge in [-0.15, -0.1) is 0 Å². The van der Waals surface area contributed by atoms with E-state index in [1.807, 2.05) is 72.8 Å². The van der Waals surface area contributed by atoms with Gasteiger partial charge in [-0.25, -0.2) is 15.0 Å². The highest BCUT2D eigenvalue weighted by Gasteiger charge is 2.22. The largest absolute Gasteiger partial charge is 0.436 e. The number of rotatable bonds is 7. The van der Waals surface area contributed by atoms with Crippen molar-refractivity contribution < 1.29 is 18.3 Å². The van der Waals surface area contributed by atoms with Gasteiger partial charge in [0.1, 0.15) is 16.9 Å². The van der Waals surface area contributed by atoms with Crippen molar-refractivity contribution in [2.45, 2.75) is 38.1 Å². The molecule has 0 atom stereocenters. The monoisotopic (exact) mass is 729 g/mol. The third kappa shape index (κ3) is 7.67. The van der Waals surface area contributed by atoms with E-state index in [-0.39, 0.29) is 0 Å². The Kier molecular flexibility index (Phi) is 9.94. The van der Waals surface area contributed by atoms with Crippen LogP contribution in [0.3, 0.4) is 0 Å². The van der Waals surface area contributed by atoms with E-state index < -0.39 is 0 Å². The van der Waals surface area contributed by atoms with Crippen LogP contribution >= 0.6 is 0 Å². The fourth-order valence-corrected chi connectivity index (χ4v) is 7.60. The molecule has 0 spiro atoms. The first-order valence-corrected chi connectivity index (χ1v) is 19.2. The second-order valence-corrected chi connectivity index (χ2v) is 14.3. The molecule has 2 saturated heterocycles. The molecule has 5 heterocycles. The average molecular weight is 730 g/mol. The Bertz CT molecular complexity index is 2510. The Morgan fingerprint density at radius 2 is 1.20 bits per heavy atom. The molecule has 8 aromatic rings. The second kappa shape index (κ2) is 15.8. The fourth-order valence-electron chi connectivity index (χ4n) is 7.60. The summed E-state index contributed by atoms with van der Waals surface area (Å²) < 4.78 is 25.2. The lowest BCUT2D eigenvalue weighted by Crippen LogP contribution is -2.20. The lowest BCUT2D eigenvalue weighted by Gasteiger charge is -2.25. The van der Waals surface area contributed by atoms with Crippen LogP contribution in [0.25, 0.3) is 68.3 Å². The lowest BCUT2D eigenvalue weighted by molar-refractivity contribution is 0.0666. The molecule has 0 amide bonds. The SMILES string of the molecule is C(=C\c1nc2cc(-c3nc4ccccc4o3)ccc2n1C1CCOCC1)/c1ccccc1.Nc1cc(-c2nc3ccccc3o2)ccc1CC1CCOCC1. The van der Waals surface area contributed by atoms with Crippen molar-refractivity contribution in [1.82, 2.24) is 19.5 Å². The van der Waals surface area contributed by atoms with Gasteiger partial charge < -0.3 is 28.6 Å². The molecule has 2 aliphatic rings. The fraction of sp³-hybridized carbons (Fsp3) is 0.239. The molecule has 0 bridgehead atoms. The van der Waals surface area contributed by atoms with Crippen LogP contribution in [0.1, 0.15) is 48.7 Å². The van der Waals surface area contributed by atoms with Gasteiger partial charge in [-0.1, -0.05) is 66.7 Å². The van der Waals surface area contributed by atoms with E-state index in [1.165, 1.54) is 5.56 Å². The summed E-state index contributed by atoms with van der Waals surface area (Å²) in [4.78, 5) is 14.2. The maximum atomic E-state index is 6.27. The van der Waals surface area contributed by atoms with Gasteiger partial charge in [0.05, 0.1) is 11.0 Å². The molecule has 0 aliphatic carbocycles. The molecule has 10 rings (SSSR count). The summed E-state index contributed by atoms with van der Waals surface area (Å²) >= 11 is 0. The first kappa shape index (κ1) is 34.7. The van der Waals surface area contributed by atoms with Crippen LogP contribution in [-0.4, -0.2) is 45.9 Å². The van der Waals surface area contributed by atoms with Crippen molar-refractivity contribution in [1.29, 1.82) is 0 Å². The molecule has 276 valence electrons. The predicted octanol–water partition coefficient (Wildman–Crippen LogP) is 10.4. The zero-order valence-electron chi connectivity index (χ0n) is 30.6. The molecule has 9 heteroatoms. The highest BCUT2D eigenvalue weighted by atomic mass is 16.5. The van der Waals surface area contributed by atoms with E-state index in [2.05, 4.69) is 69.2 Å². The van der Waals surface area contributed by atoms with Crippen molar-refractivity contribution in [3.63, 3.8) is 0 Å². The summed E-state index contributed by atoms with van der Waals surface area (Å²) in [5.74, 6) is 2.87. The standard InChI is InChI=1S/C27H23N3O2.C19H20N2O2/c1-2-6-19(7-3-1)10-13-26-28-23-18-20(27-29-22-8-4-5-9-25(22)32-27)11-12-24(23)30(26)21-14-16-31-17-15-21;20-16-12-15(19-21-17-3-1-2-4-18(17)23-19)6-5-14(16)11-13-7-9-22-10-8-13/h1-13,18,21H,14-17H2;1-6,12-13H,7-11,20H2/b13-10+;. The Hall–Kier alpha value is -6.03.